The molecule has 0 aliphatic heterocycles. The molecule has 0 aromatic rings. The van der Waals surface area contributed by atoms with E-state index in [1.54, 1.807) is 20.8 Å². The van der Waals surface area contributed by atoms with Crippen LogP contribution in [0, 0.1) is 5.41 Å². The molecule has 0 unspecified atom stereocenters. The maximum Gasteiger partial charge on any atom is 0.407 e. The molecule has 0 aromatic carbocycles. The Labute approximate surface area is 178 Å². The summed E-state index contributed by atoms with van der Waals surface area (Å²) in [5, 5.41) is 1.91. The van der Waals surface area contributed by atoms with E-state index >= 15 is 0 Å². The van der Waals surface area contributed by atoms with Gasteiger partial charge in [-0.25, -0.2) is 21.6 Å². The molecule has 1 N–H and O–H groups in total. The Morgan fingerprint density at radius 2 is 1.42 bits per heavy atom. The van der Waals surface area contributed by atoms with Crippen LogP contribution in [-0.4, -0.2) is 77.6 Å². The minimum absolute atomic E-state index is 0.325. The molecular weight excluding hydrogens is 474 g/mol. The third-order valence-electron chi connectivity index (χ3n) is 4.34. The van der Waals surface area contributed by atoms with Crippen molar-refractivity contribution in [3.8, 4) is 0 Å². The maximum atomic E-state index is 14.0. The van der Waals surface area contributed by atoms with Gasteiger partial charge in [-0.15, -0.1) is 0 Å². The Kier molecular flexibility index (Phi) is 9.77. The van der Waals surface area contributed by atoms with Gasteiger partial charge in [0.05, 0.1) is 12.0 Å². The highest BCUT2D eigenvalue weighted by molar-refractivity contribution is 8.08. The van der Waals surface area contributed by atoms with E-state index in [0.717, 1.165) is 0 Å². The van der Waals surface area contributed by atoms with Gasteiger partial charge < -0.3 is 14.8 Å². The van der Waals surface area contributed by atoms with Crippen LogP contribution < -0.4 is 5.32 Å². The Bertz CT molecular complexity index is 825. The second-order valence-electron chi connectivity index (χ2n) is 7.58. The fourth-order valence-electron chi connectivity index (χ4n) is 1.93. The Morgan fingerprint density at radius 3 is 1.84 bits per heavy atom. The zero-order valence-electron chi connectivity index (χ0n) is 17.7. The Morgan fingerprint density at radius 1 is 0.935 bits per heavy atom. The number of alkyl carbamates (subject to hydrolysis) is 1. The number of carbonyl (C=O) groups excluding carboxylic acids is 2. The highest BCUT2D eigenvalue weighted by Gasteiger charge is 2.60. The lowest BCUT2D eigenvalue weighted by atomic mass is 9.91. The van der Waals surface area contributed by atoms with E-state index in [9.17, 15) is 44.0 Å². The van der Waals surface area contributed by atoms with Gasteiger partial charge in [0.15, 0.2) is 30.9 Å². The van der Waals surface area contributed by atoms with Gasteiger partial charge in [0.2, 0.25) is 0 Å². The molecule has 0 aliphatic rings. The van der Waals surface area contributed by atoms with Crippen LogP contribution in [0.5, 0.6) is 0 Å². The van der Waals surface area contributed by atoms with E-state index < -0.39 is 66.6 Å². The summed E-state index contributed by atoms with van der Waals surface area (Å²) < 4.78 is 107. The van der Waals surface area contributed by atoms with E-state index in [4.69, 9.17) is 4.74 Å². The van der Waals surface area contributed by atoms with Crippen LogP contribution in [0.2, 0.25) is 0 Å². The number of hydrogen-bond donors (Lipinski definition) is 1. The van der Waals surface area contributed by atoms with Gasteiger partial charge in [-0.2, -0.15) is 17.6 Å². The van der Waals surface area contributed by atoms with Gasteiger partial charge in [-0.1, -0.05) is 6.92 Å². The van der Waals surface area contributed by atoms with E-state index in [1.165, 1.54) is 0 Å². The second-order valence-corrected chi connectivity index (χ2v) is 12.3. The summed E-state index contributed by atoms with van der Waals surface area (Å²) in [6.07, 6.45) is -2.61. The van der Waals surface area contributed by atoms with Crippen molar-refractivity contribution in [1.29, 1.82) is 0 Å². The number of amides is 1. The molecule has 0 spiro atoms. The first kappa shape index (κ1) is 29.4. The highest BCUT2D eigenvalue weighted by atomic mass is 32.3. The van der Waals surface area contributed by atoms with E-state index in [2.05, 4.69) is 4.74 Å². The lowest BCUT2D eigenvalue weighted by molar-refractivity contribution is -0.226. The summed E-state index contributed by atoms with van der Waals surface area (Å²) in [6, 6.07) is 0. The standard InChI is InChI=1S/C16H27F4NO8S2/c1-6-14(2,3)12(22)28-8-7-21-13(23)29-10-16(19,20)15(17,18)9-11(30(4,24)25)31(5,26)27/h11H,6-10H2,1-5H3,(H,21,23). The average Bonchev–Trinajstić information content (AvgIpc) is 2.59. The molecule has 0 aliphatic carbocycles. The number of ether oxygens (including phenoxy) is 2. The van der Waals surface area contributed by atoms with Crippen molar-refractivity contribution in [2.75, 3.05) is 32.3 Å². The van der Waals surface area contributed by atoms with Crippen LogP contribution in [0.25, 0.3) is 0 Å². The topological polar surface area (TPSA) is 133 Å². The third-order valence-corrected chi connectivity index (χ3v) is 8.68. The SMILES string of the molecule is CCC(C)(C)C(=O)OCCNC(=O)OCC(F)(F)C(F)(F)CC(S(C)(=O)=O)S(C)(=O)=O. The van der Waals surface area contributed by atoms with Crippen LogP contribution >= 0.6 is 0 Å². The van der Waals surface area contributed by atoms with Crippen molar-refractivity contribution in [3.63, 3.8) is 0 Å². The van der Waals surface area contributed by atoms with Crippen molar-refractivity contribution in [3.05, 3.63) is 0 Å². The number of nitrogens with one attached hydrogen (secondary N) is 1. The zero-order valence-corrected chi connectivity index (χ0v) is 19.3. The fraction of sp³-hybridized carbons (Fsp3) is 0.875. The van der Waals surface area contributed by atoms with Crippen LogP contribution in [0.1, 0.15) is 33.6 Å². The molecule has 1 amide bonds. The first-order chi connectivity index (χ1) is 13.7. The Hall–Kier alpha value is -1.64. The lowest BCUT2D eigenvalue weighted by Gasteiger charge is -2.28. The normalized spacial score (nSPS) is 13.7. The summed E-state index contributed by atoms with van der Waals surface area (Å²) in [7, 11) is -9.29. The first-order valence-electron chi connectivity index (χ1n) is 8.88. The lowest BCUT2D eigenvalue weighted by Crippen LogP contribution is -2.49. The number of alkyl halides is 4. The molecule has 15 heteroatoms. The molecule has 0 rings (SSSR count). The van der Waals surface area contributed by atoms with Gasteiger partial charge in [0.1, 0.15) is 6.61 Å². The summed E-state index contributed by atoms with van der Waals surface area (Å²) in [6.45, 7) is 2.18. The average molecular weight is 502 g/mol. The van der Waals surface area contributed by atoms with Crippen molar-refractivity contribution in [2.45, 2.75) is 50.0 Å². The highest BCUT2D eigenvalue weighted by Crippen LogP contribution is 2.40. The van der Waals surface area contributed by atoms with Crippen LogP contribution in [0.3, 0.4) is 0 Å². The minimum Gasteiger partial charge on any atom is -0.463 e. The predicted octanol–water partition coefficient (Wildman–Crippen LogP) is 1.77. The van der Waals surface area contributed by atoms with Gasteiger partial charge in [-0.3, -0.25) is 4.79 Å². The molecule has 9 nitrogen and oxygen atoms in total. The number of sulfone groups is 2. The number of rotatable bonds is 12. The molecule has 0 saturated heterocycles. The summed E-state index contributed by atoms with van der Waals surface area (Å²) in [5.74, 6) is -10.7. The second kappa shape index (κ2) is 10.3. The molecule has 184 valence electrons. The fourth-order valence-corrected chi connectivity index (χ4v) is 5.49. The summed E-state index contributed by atoms with van der Waals surface area (Å²) >= 11 is 0. The number of halogens is 4. The van der Waals surface area contributed by atoms with Gasteiger partial charge in [0, 0.05) is 18.9 Å². The van der Waals surface area contributed by atoms with Crippen molar-refractivity contribution >= 4 is 31.7 Å². The molecular formula is C16H27F4NO8S2. The quantitative estimate of drug-likeness (QED) is 0.243. The number of hydrogen-bond acceptors (Lipinski definition) is 8. The van der Waals surface area contributed by atoms with Gasteiger partial charge in [-0.05, 0) is 20.3 Å². The van der Waals surface area contributed by atoms with Crippen molar-refractivity contribution in [2.24, 2.45) is 5.41 Å². The molecule has 0 radical (unpaired) electrons. The zero-order chi connectivity index (χ0) is 24.9. The molecule has 0 fully saturated rings. The molecule has 0 bridgehead atoms. The molecule has 0 heterocycles. The van der Waals surface area contributed by atoms with Gasteiger partial charge in [0.25, 0.3) is 0 Å². The van der Waals surface area contributed by atoms with Crippen LogP contribution in [0.4, 0.5) is 22.4 Å². The van der Waals surface area contributed by atoms with E-state index in [0.29, 0.717) is 18.9 Å². The number of carbonyl (C=O) groups is 2. The van der Waals surface area contributed by atoms with Gasteiger partial charge >= 0.3 is 23.9 Å². The van der Waals surface area contributed by atoms with Crippen LogP contribution in [0.15, 0.2) is 0 Å². The summed E-state index contributed by atoms with van der Waals surface area (Å²) in [4.78, 5) is 23.1. The van der Waals surface area contributed by atoms with E-state index in [1.807, 2.05) is 5.32 Å². The van der Waals surface area contributed by atoms with Crippen LogP contribution in [-0.2, 0) is 33.9 Å². The minimum atomic E-state index is -5.12. The molecule has 0 aromatic heterocycles. The largest absolute Gasteiger partial charge is 0.463 e. The van der Waals surface area contributed by atoms with Crippen molar-refractivity contribution < 1.29 is 53.5 Å². The first-order valence-corrected chi connectivity index (χ1v) is 12.8. The smallest absolute Gasteiger partial charge is 0.407 e. The maximum absolute atomic E-state index is 14.0. The third kappa shape index (κ3) is 9.17. The van der Waals surface area contributed by atoms with Crippen molar-refractivity contribution in [1.82, 2.24) is 5.32 Å². The molecule has 31 heavy (non-hydrogen) atoms. The summed E-state index contributed by atoms with van der Waals surface area (Å²) in [5.41, 5.74) is -0.774. The molecule has 0 saturated carbocycles. The predicted molar refractivity (Wildman–Crippen MR) is 102 cm³/mol. The molecule has 0 atom stereocenters. The number of esters is 1. The van der Waals surface area contributed by atoms with E-state index in [-0.39, 0.29) is 13.2 Å². The Balaban J connectivity index is 4.84. The monoisotopic (exact) mass is 501 g/mol.